The van der Waals surface area contributed by atoms with Gasteiger partial charge in [-0.15, -0.1) is 0 Å². The lowest BCUT2D eigenvalue weighted by Crippen LogP contribution is -2.02. The van der Waals surface area contributed by atoms with Crippen LogP contribution in [0.1, 0.15) is 0 Å². The van der Waals surface area contributed by atoms with E-state index < -0.39 is 13.1 Å². The summed E-state index contributed by atoms with van der Waals surface area (Å²) in [6, 6.07) is 4.38. The molecule has 0 amide bonds. The van der Waals surface area contributed by atoms with E-state index in [1.165, 1.54) is 12.1 Å². The summed E-state index contributed by atoms with van der Waals surface area (Å²) < 4.78 is 52.4. The molecule has 0 aliphatic carbocycles. The van der Waals surface area contributed by atoms with E-state index in [-0.39, 0.29) is 5.69 Å². The fourth-order valence-electron chi connectivity index (χ4n) is 0.562. The maximum Gasteiger partial charge on any atom is 0.673 e. The Balaban J connectivity index is 0.000000336. The lowest BCUT2D eigenvalue weighted by atomic mass is 10.3. The van der Waals surface area contributed by atoms with Crippen molar-refractivity contribution < 1.29 is 21.7 Å². The Labute approximate surface area is 95.3 Å². The van der Waals surface area contributed by atoms with Gasteiger partial charge in [-0.05, 0) is 34.7 Å². The van der Waals surface area contributed by atoms with Crippen LogP contribution in [0.4, 0.5) is 27.3 Å². The molecule has 1 aromatic carbocycles. The second-order valence-electron chi connectivity index (χ2n) is 2.19. The maximum absolute atomic E-state index is 12.6. The van der Waals surface area contributed by atoms with Crippen LogP contribution in [-0.4, -0.2) is 7.25 Å². The lowest BCUT2D eigenvalue weighted by molar-refractivity contribution is 0.368. The Hall–Kier alpha value is -0.915. The van der Waals surface area contributed by atoms with E-state index in [4.69, 9.17) is 5.39 Å². The molecule has 0 aliphatic rings. The van der Waals surface area contributed by atoms with Gasteiger partial charge in [0, 0.05) is 9.64 Å². The van der Waals surface area contributed by atoms with Gasteiger partial charge in [0.15, 0.2) is 4.98 Å². The van der Waals surface area contributed by atoms with Crippen molar-refractivity contribution >= 4 is 35.5 Å². The van der Waals surface area contributed by atoms with Crippen LogP contribution < -0.4 is 0 Å². The van der Waals surface area contributed by atoms with Gasteiger partial charge in [0.2, 0.25) is 11.2 Å². The first kappa shape index (κ1) is 14.1. The molecule has 0 spiro atoms. The highest BCUT2D eigenvalue weighted by Gasteiger charge is 2.20. The maximum atomic E-state index is 12.6. The predicted octanol–water partition coefficient (Wildman–Crippen LogP) is 4.21. The Morgan fingerprint density at radius 2 is 1.67 bits per heavy atom. The van der Waals surface area contributed by atoms with Gasteiger partial charge in [0.25, 0.3) is 0 Å². The molecule has 82 valence electrons. The summed E-state index contributed by atoms with van der Waals surface area (Å²) in [5.41, 5.74) is -0.0274. The van der Waals surface area contributed by atoms with Crippen LogP contribution in [-0.2, 0) is 0 Å². The summed E-state index contributed by atoms with van der Waals surface area (Å²) in [4.78, 5) is 2.73. The number of hydrogen-bond donors (Lipinski definition) is 0. The Bertz CT molecular complexity index is 369. The number of benzene rings is 1. The van der Waals surface area contributed by atoms with Gasteiger partial charge in [-0.3, -0.25) is 0 Å². The molecular weight excluding hydrogens is 333 g/mol. The second-order valence-corrected chi connectivity index (χ2v) is 3.44. The quantitative estimate of drug-likeness (QED) is 0.302. The third kappa shape index (κ3) is 8.10. The summed E-state index contributed by atoms with van der Waals surface area (Å²) in [6.45, 7) is 0. The number of halogens is 6. The first-order valence-corrected chi connectivity index (χ1v) is 4.49. The molecule has 0 unspecified atom stereocenters. The molecule has 0 heterocycles. The smallest absolute Gasteiger partial charge is 0.418 e. The number of rotatable bonds is 0. The zero-order valence-corrected chi connectivity index (χ0v) is 9.13. The van der Waals surface area contributed by atoms with Crippen molar-refractivity contribution in [3.63, 3.8) is 0 Å². The second kappa shape index (κ2) is 5.84. The minimum Gasteiger partial charge on any atom is -0.418 e. The molecule has 0 saturated carbocycles. The Kier molecular flexibility index (Phi) is 5.49. The van der Waals surface area contributed by atoms with Crippen LogP contribution in [0.5, 0.6) is 0 Å². The third-order valence-electron chi connectivity index (χ3n) is 1.02. The molecule has 0 N–H and O–H groups in total. The van der Waals surface area contributed by atoms with Crippen LogP contribution in [0, 0.1) is 14.8 Å². The molecule has 0 bridgehead atoms. The minimum atomic E-state index is -6.00. The van der Waals surface area contributed by atoms with Gasteiger partial charge in [-0.1, -0.05) is 0 Å². The monoisotopic (exact) mass is 336 g/mol. The van der Waals surface area contributed by atoms with Crippen molar-refractivity contribution in [3.05, 3.63) is 32.6 Å². The molecular formula is C6H3BF5IN2. The topological polar surface area (TPSA) is 28.1 Å². The summed E-state index contributed by atoms with van der Waals surface area (Å²) in [6.07, 6.45) is 0. The van der Waals surface area contributed by atoms with Gasteiger partial charge in [0.1, 0.15) is 0 Å². The minimum absolute atomic E-state index is 0.0274. The average Bonchev–Trinajstić information content (AvgIpc) is 2.01. The van der Waals surface area contributed by atoms with Gasteiger partial charge >= 0.3 is 12.9 Å². The summed E-state index contributed by atoms with van der Waals surface area (Å²) in [5.74, 6) is -0.505. The highest BCUT2D eigenvalue weighted by Crippen LogP contribution is 2.19. The Morgan fingerprint density at radius 3 is 2.00 bits per heavy atom. The molecule has 15 heavy (non-hydrogen) atoms. The first-order chi connectivity index (χ1) is 6.74. The van der Waals surface area contributed by atoms with Crippen molar-refractivity contribution in [3.8, 4) is 0 Å². The number of nitrogens with zero attached hydrogens (tertiary/aromatic N) is 2. The van der Waals surface area contributed by atoms with Crippen LogP contribution in [0.2, 0.25) is 0 Å². The molecule has 1 aromatic rings. The SMILES string of the molecule is F[B-](F)(F)F.N#[N+]c1ccc(I)cc1F. The van der Waals surface area contributed by atoms with Crippen LogP contribution in [0.3, 0.4) is 0 Å². The summed E-state index contributed by atoms with van der Waals surface area (Å²) in [7, 11) is -6.00. The predicted molar refractivity (Wildman–Crippen MR) is 54.0 cm³/mol. The van der Waals surface area contributed by atoms with E-state index in [0.29, 0.717) is 0 Å². The van der Waals surface area contributed by atoms with Gasteiger partial charge < -0.3 is 17.3 Å². The largest absolute Gasteiger partial charge is 0.673 e. The van der Waals surface area contributed by atoms with Crippen LogP contribution in [0.15, 0.2) is 18.2 Å². The summed E-state index contributed by atoms with van der Waals surface area (Å²) in [5, 5.41) is 8.19. The lowest BCUT2D eigenvalue weighted by Gasteiger charge is -1.94. The normalized spacial score (nSPS) is 9.93. The van der Waals surface area contributed by atoms with E-state index in [2.05, 4.69) is 4.98 Å². The zero-order chi connectivity index (χ0) is 12.1. The van der Waals surface area contributed by atoms with E-state index in [1.54, 1.807) is 6.07 Å². The molecule has 9 heteroatoms. The van der Waals surface area contributed by atoms with Crippen molar-refractivity contribution in [2.45, 2.75) is 0 Å². The zero-order valence-electron chi connectivity index (χ0n) is 6.97. The van der Waals surface area contributed by atoms with E-state index >= 15 is 0 Å². The number of diazo groups is 1. The molecule has 1 rings (SSSR count). The van der Waals surface area contributed by atoms with E-state index in [1.807, 2.05) is 22.6 Å². The number of hydrogen-bond acceptors (Lipinski definition) is 1. The molecule has 0 radical (unpaired) electrons. The fourth-order valence-corrected chi connectivity index (χ4v) is 1.02. The van der Waals surface area contributed by atoms with Crippen molar-refractivity contribution in [2.75, 3.05) is 0 Å². The first-order valence-electron chi connectivity index (χ1n) is 3.41. The molecule has 0 fully saturated rings. The third-order valence-corrected chi connectivity index (χ3v) is 1.69. The van der Waals surface area contributed by atoms with Crippen LogP contribution >= 0.6 is 22.6 Å². The highest BCUT2D eigenvalue weighted by molar-refractivity contribution is 14.1. The van der Waals surface area contributed by atoms with Gasteiger partial charge in [0.05, 0.1) is 0 Å². The summed E-state index contributed by atoms with van der Waals surface area (Å²) >= 11 is 1.98. The molecule has 0 saturated heterocycles. The standard InChI is InChI=1S/C6H3FIN2.BF4/c7-5-3-4(8)1-2-6(5)10-9;2-1(3,4)5/h1-3H;/q+1;-1. The molecule has 2 nitrogen and oxygen atoms in total. The Morgan fingerprint density at radius 1 is 1.20 bits per heavy atom. The fraction of sp³-hybridized carbons (Fsp3) is 0. The van der Waals surface area contributed by atoms with Crippen molar-refractivity contribution in [2.24, 2.45) is 0 Å². The molecule has 0 aromatic heterocycles. The van der Waals surface area contributed by atoms with Crippen molar-refractivity contribution in [1.82, 2.24) is 0 Å². The molecule has 0 aliphatic heterocycles. The van der Waals surface area contributed by atoms with Crippen LogP contribution in [0.25, 0.3) is 4.98 Å². The van der Waals surface area contributed by atoms with Gasteiger partial charge in [-0.25, -0.2) is 0 Å². The average molecular weight is 336 g/mol. The highest BCUT2D eigenvalue weighted by atomic mass is 127. The van der Waals surface area contributed by atoms with E-state index in [0.717, 1.165) is 3.57 Å². The molecule has 0 atom stereocenters. The van der Waals surface area contributed by atoms with E-state index in [9.17, 15) is 21.7 Å². The van der Waals surface area contributed by atoms with Gasteiger partial charge in [-0.2, -0.15) is 4.39 Å². The van der Waals surface area contributed by atoms with Crippen molar-refractivity contribution in [1.29, 1.82) is 5.39 Å².